The lowest BCUT2D eigenvalue weighted by Gasteiger charge is -2.34. The summed E-state index contributed by atoms with van der Waals surface area (Å²) in [6, 6.07) is 3.96. The first-order chi connectivity index (χ1) is 15.8. The molecule has 1 fully saturated rings. The molecule has 0 radical (unpaired) electrons. The van der Waals surface area contributed by atoms with E-state index in [-0.39, 0.29) is 6.10 Å². The molecule has 1 aromatic carbocycles. The molecule has 1 aliphatic heterocycles. The van der Waals surface area contributed by atoms with Crippen LogP contribution in [0.1, 0.15) is 30.9 Å². The molecule has 1 unspecified atom stereocenters. The van der Waals surface area contributed by atoms with Gasteiger partial charge in [-0.15, -0.1) is 0 Å². The number of aromatic nitrogens is 3. The molecule has 9 heteroatoms. The normalized spacial score (nSPS) is 15.7. The van der Waals surface area contributed by atoms with Gasteiger partial charge in [0.05, 0.1) is 22.9 Å². The van der Waals surface area contributed by atoms with Crippen LogP contribution in [0.25, 0.3) is 16.7 Å². The topological polar surface area (TPSA) is 90.3 Å². The van der Waals surface area contributed by atoms with E-state index in [0.717, 1.165) is 76.1 Å². The van der Waals surface area contributed by atoms with Crippen LogP contribution in [0, 0.1) is 19.8 Å². The smallest absolute Gasteiger partial charge is 0.226 e. The zero-order valence-electron chi connectivity index (χ0n) is 20.3. The molecule has 0 saturated carbocycles. The van der Waals surface area contributed by atoms with Gasteiger partial charge in [0.15, 0.2) is 5.65 Å². The number of aryl methyl sites for hydroxylation is 2. The molecule has 178 valence electrons. The molecule has 0 amide bonds. The largest absolute Gasteiger partial charge is 0.393 e. The second-order valence-corrected chi connectivity index (χ2v) is 9.27. The van der Waals surface area contributed by atoms with E-state index in [1.54, 1.807) is 0 Å². The highest BCUT2D eigenvalue weighted by atomic mass is 35.5. The van der Waals surface area contributed by atoms with Crippen LogP contribution < -0.4 is 20.9 Å². The summed E-state index contributed by atoms with van der Waals surface area (Å²) in [6.45, 7) is 7.71. The summed E-state index contributed by atoms with van der Waals surface area (Å²) < 4.78 is 2.16. The highest BCUT2D eigenvalue weighted by Crippen LogP contribution is 2.43. The highest BCUT2D eigenvalue weighted by molar-refractivity contribution is 6.30. The molecule has 3 aromatic rings. The van der Waals surface area contributed by atoms with Gasteiger partial charge < -0.3 is 26.0 Å². The number of piperidine rings is 1. The molecule has 33 heavy (non-hydrogen) atoms. The van der Waals surface area contributed by atoms with E-state index >= 15 is 0 Å². The van der Waals surface area contributed by atoms with E-state index in [1.165, 1.54) is 0 Å². The fourth-order valence-corrected chi connectivity index (χ4v) is 5.37. The van der Waals surface area contributed by atoms with Crippen molar-refractivity contribution in [1.82, 2.24) is 14.5 Å². The van der Waals surface area contributed by atoms with Crippen molar-refractivity contribution < 1.29 is 5.11 Å². The predicted octanol–water partition coefficient (Wildman–Crippen LogP) is 4.41. The molecule has 0 bridgehead atoms. The standard InChI is InChI=1S/C24H34ClN7O/c1-13-11-17(25)12-14(2)20(13)32-22-18(19(26-4)23(32)27-5)21(29-24(28-6)30-22)31-9-7-16(8-10-31)15(3)33/h11-12,15-16,26-27,33H,7-10H2,1-6H3,(H,28,29,30). The van der Waals surface area contributed by atoms with Crippen LogP contribution in [-0.4, -0.2) is 60.0 Å². The lowest BCUT2D eigenvalue weighted by Crippen LogP contribution is -2.37. The number of rotatable bonds is 6. The average molecular weight is 472 g/mol. The van der Waals surface area contributed by atoms with Gasteiger partial charge >= 0.3 is 0 Å². The number of aliphatic hydroxyl groups excluding tert-OH is 1. The third kappa shape index (κ3) is 4.06. The average Bonchev–Trinajstić information content (AvgIpc) is 3.11. The first kappa shape index (κ1) is 23.4. The van der Waals surface area contributed by atoms with Crippen LogP contribution in [0.5, 0.6) is 0 Å². The van der Waals surface area contributed by atoms with Crippen molar-refractivity contribution >= 4 is 45.9 Å². The molecule has 1 aliphatic rings. The minimum absolute atomic E-state index is 0.286. The molecule has 0 aliphatic carbocycles. The molecule has 1 saturated heterocycles. The minimum atomic E-state index is -0.286. The first-order valence-electron chi connectivity index (χ1n) is 11.5. The second kappa shape index (κ2) is 9.27. The van der Waals surface area contributed by atoms with E-state index in [1.807, 2.05) is 40.2 Å². The van der Waals surface area contributed by atoms with E-state index in [9.17, 15) is 5.11 Å². The number of fused-ring (bicyclic) bond motifs is 1. The van der Waals surface area contributed by atoms with Crippen LogP contribution in [0.15, 0.2) is 12.1 Å². The van der Waals surface area contributed by atoms with Crippen molar-refractivity contribution in [2.24, 2.45) is 5.92 Å². The minimum Gasteiger partial charge on any atom is -0.393 e. The molecule has 2 aromatic heterocycles. The fourth-order valence-electron chi connectivity index (χ4n) is 5.05. The molecule has 3 heterocycles. The van der Waals surface area contributed by atoms with Gasteiger partial charge in [0, 0.05) is 39.3 Å². The number of hydrogen-bond donors (Lipinski definition) is 4. The number of benzene rings is 1. The van der Waals surface area contributed by atoms with Crippen molar-refractivity contribution in [1.29, 1.82) is 0 Å². The van der Waals surface area contributed by atoms with Crippen molar-refractivity contribution in [3.8, 4) is 5.69 Å². The van der Waals surface area contributed by atoms with E-state index < -0.39 is 0 Å². The highest BCUT2D eigenvalue weighted by Gasteiger charge is 2.29. The Hall–Kier alpha value is -2.71. The summed E-state index contributed by atoms with van der Waals surface area (Å²) in [4.78, 5) is 12.1. The number of nitrogens with zero attached hydrogens (tertiary/aromatic N) is 4. The van der Waals surface area contributed by atoms with Crippen LogP contribution in [0.3, 0.4) is 0 Å². The van der Waals surface area contributed by atoms with Gasteiger partial charge in [0.2, 0.25) is 5.95 Å². The Bertz CT molecular complexity index is 1140. The summed E-state index contributed by atoms with van der Waals surface area (Å²) in [5.74, 6) is 2.72. The van der Waals surface area contributed by atoms with Crippen molar-refractivity contribution in [2.75, 3.05) is 55.1 Å². The van der Waals surface area contributed by atoms with Gasteiger partial charge in [-0.1, -0.05) is 11.6 Å². The molecular formula is C24H34ClN7O. The summed E-state index contributed by atoms with van der Waals surface area (Å²) in [7, 11) is 5.69. The van der Waals surface area contributed by atoms with Crippen LogP contribution >= 0.6 is 11.6 Å². The number of nitrogens with one attached hydrogen (secondary N) is 3. The van der Waals surface area contributed by atoms with Gasteiger partial charge in [-0.3, -0.25) is 4.57 Å². The number of anilines is 4. The Balaban J connectivity index is 1.99. The van der Waals surface area contributed by atoms with Crippen molar-refractivity contribution in [2.45, 2.75) is 39.7 Å². The molecular weight excluding hydrogens is 438 g/mol. The van der Waals surface area contributed by atoms with E-state index in [4.69, 9.17) is 21.6 Å². The quantitative estimate of drug-likeness (QED) is 0.423. The Kier molecular flexibility index (Phi) is 6.59. The molecule has 0 spiro atoms. The van der Waals surface area contributed by atoms with Gasteiger partial charge in [-0.25, -0.2) is 0 Å². The Labute approximate surface area is 200 Å². The summed E-state index contributed by atoms with van der Waals surface area (Å²) in [5, 5.41) is 21.7. The van der Waals surface area contributed by atoms with Gasteiger partial charge in [0.1, 0.15) is 11.6 Å². The zero-order valence-corrected chi connectivity index (χ0v) is 21.0. The first-order valence-corrected chi connectivity index (χ1v) is 11.9. The Morgan fingerprint density at radius 1 is 1.03 bits per heavy atom. The monoisotopic (exact) mass is 471 g/mol. The van der Waals surface area contributed by atoms with E-state index in [0.29, 0.717) is 11.9 Å². The zero-order chi connectivity index (χ0) is 23.9. The second-order valence-electron chi connectivity index (χ2n) is 8.83. The van der Waals surface area contributed by atoms with E-state index in [2.05, 4.69) is 39.3 Å². The molecule has 1 atom stereocenters. The summed E-state index contributed by atoms with van der Waals surface area (Å²) >= 11 is 6.35. The number of aliphatic hydroxyl groups is 1. The van der Waals surface area contributed by atoms with Crippen LogP contribution in [0.2, 0.25) is 5.02 Å². The molecule has 4 rings (SSSR count). The predicted molar refractivity (Wildman–Crippen MR) is 139 cm³/mol. The van der Waals surface area contributed by atoms with Crippen LogP contribution in [0.4, 0.5) is 23.3 Å². The van der Waals surface area contributed by atoms with Gasteiger partial charge in [-0.2, -0.15) is 9.97 Å². The SMILES string of the molecule is CNc1nc(N2CCC(C(C)O)CC2)c2c(NC)c(NC)n(-c3c(C)cc(Cl)cc3C)c2n1. The number of hydrogen-bond acceptors (Lipinski definition) is 7. The Morgan fingerprint density at radius 2 is 1.67 bits per heavy atom. The maximum atomic E-state index is 10.1. The summed E-state index contributed by atoms with van der Waals surface area (Å²) in [5.41, 5.74) is 4.97. The van der Waals surface area contributed by atoms with Gasteiger partial charge in [-0.05, 0) is 62.8 Å². The summed E-state index contributed by atoms with van der Waals surface area (Å²) in [6.07, 6.45) is 1.58. The van der Waals surface area contributed by atoms with Crippen LogP contribution in [-0.2, 0) is 0 Å². The maximum Gasteiger partial charge on any atom is 0.226 e. The van der Waals surface area contributed by atoms with Gasteiger partial charge in [0.25, 0.3) is 0 Å². The Morgan fingerprint density at radius 3 is 2.18 bits per heavy atom. The maximum absolute atomic E-state index is 10.1. The lowest BCUT2D eigenvalue weighted by atomic mass is 9.92. The fraction of sp³-hybridized carbons (Fsp3) is 0.500. The third-order valence-electron chi connectivity index (χ3n) is 6.70. The van der Waals surface area contributed by atoms with Crippen molar-refractivity contribution in [3.63, 3.8) is 0 Å². The number of halogens is 1. The molecule has 4 N–H and O–H groups in total. The third-order valence-corrected chi connectivity index (χ3v) is 6.92. The lowest BCUT2D eigenvalue weighted by molar-refractivity contribution is 0.110. The molecule has 8 nitrogen and oxygen atoms in total. The van der Waals surface area contributed by atoms with Crippen molar-refractivity contribution in [3.05, 3.63) is 28.3 Å².